The Morgan fingerprint density at radius 1 is 1.16 bits per heavy atom. The van der Waals surface area contributed by atoms with Crippen molar-refractivity contribution in [3.05, 3.63) is 71.7 Å². The van der Waals surface area contributed by atoms with Crippen LogP contribution >= 0.6 is 34.4 Å². The molecule has 162 valence electrons. The molecule has 32 heavy (non-hydrogen) atoms. The fraction of sp³-hybridized carbons (Fsp3) is 0.130. The predicted molar refractivity (Wildman–Crippen MR) is 134 cm³/mol. The number of carbonyl (C=O) groups excluding carboxylic acids is 2. The summed E-state index contributed by atoms with van der Waals surface area (Å²) in [6.07, 6.45) is 5.62. The molecule has 4 aromatic rings. The van der Waals surface area contributed by atoms with E-state index in [-0.39, 0.29) is 17.1 Å². The van der Waals surface area contributed by atoms with Crippen LogP contribution in [0, 0.1) is 0 Å². The smallest absolute Gasteiger partial charge is 0.248 e. The molecule has 2 heterocycles. The first-order valence-electron chi connectivity index (χ1n) is 9.92. The summed E-state index contributed by atoms with van der Waals surface area (Å²) in [6, 6.07) is 15.3. The minimum Gasteiger partial charge on any atom is -0.322 e. The maximum atomic E-state index is 12.6. The lowest BCUT2D eigenvalue weighted by molar-refractivity contribution is -0.115. The van der Waals surface area contributed by atoms with E-state index in [1.54, 1.807) is 12.3 Å². The molecule has 2 aromatic heterocycles. The van der Waals surface area contributed by atoms with Gasteiger partial charge in [0.2, 0.25) is 11.8 Å². The van der Waals surface area contributed by atoms with Crippen molar-refractivity contribution < 1.29 is 9.59 Å². The Labute approximate surface area is 197 Å². The highest BCUT2D eigenvalue weighted by atomic mass is 32.2. The van der Waals surface area contributed by atoms with Crippen LogP contribution in [0.1, 0.15) is 18.9 Å². The molecular weight excluding hydrogens is 460 g/mol. The first-order chi connectivity index (χ1) is 15.6. The zero-order valence-electron chi connectivity index (χ0n) is 17.1. The van der Waals surface area contributed by atoms with E-state index in [0.717, 1.165) is 20.1 Å². The summed E-state index contributed by atoms with van der Waals surface area (Å²) in [7, 11) is 0. The fourth-order valence-electron chi connectivity index (χ4n) is 2.87. The highest BCUT2D eigenvalue weighted by Crippen LogP contribution is 2.34. The van der Waals surface area contributed by atoms with Gasteiger partial charge in [0.25, 0.3) is 0 Å². The lowest BCUT2D eigenvalue weighted by Crippen LogP contribution is -2.24. The highest BCUT2D eigenvalue weighted by molar-refractivity contribution is 8.02. The Kier molecular flexibility index (Phi) is 7.31. The predicted octanol–water partition coefficient (Wildman–Crippen LogP) is 5.91. The fourth-order valence-corrected chi connectivity index (χ4v) is 5.67. The average molecular weight is 481 g/mol. The van der Waals surface area contributed by atoms with Crippen molar-refractivity contribution >= 4 is 73.4 Å². The number of rotatable bonds is 8. The van der Waals surface area contributed by atoms with Gasteiger partial charge >= 0.3 is 0 Å². The number of thiazole rings is 2. The molecule has 0 aliphatic carbocycles. The zero-order chi connectivity index (χ0) is 22.3. The Morgan fingerprint density at radius 2 is 2.00 bits per heavy atom. The third-order valence-electron chi connectivity index (χ3n) is 4.43. The third-order valence-corrected chi connectivity index (χ3v) is 7.60. The first kappa shape index (κ1) is 22.2. The number of hydrogen-bond donors (Lipinski definition) is 2. The van der Waals surface area contributed by atoms with E-state index in [1.807, 2.05) is 60.8 Å². The molecule has 2 N–H and O–H groups in total. The van der Waals surface area contributed by atoms with Gasteiger partial charge in [-0.3, -0.25) is 9.59 Å². The van der Waals surface area contributed by atoms with Crippen molar-refractivity contribution in [2.45, 2.75) is 22.9 Å². The minimum atomic E-state index is -0.262. The second-order valence-corrected chi connectivity index (χ2v) is 10.1. The summed E-state index contributed by atoms with van der Waals surface area (Å²) >= 11 is 4.34. The summed E-state index contributed by atoms with van der Waals surface area (Å²) in [5.74, 6) is -0.276. The van der Waals surface area contributed by atoms with Gasteiger partial charge in [0, 0.05) is 23.3 Å². The first-order valence-corrected chi connectivity index (χ1v) is 12.5. The summed E-state index contributed by atoms with van der Waals surface area (Å²) in [5, 5.41) is 7.90. The summed E-state index contributed by atoms with van der Waals surface area (Å²) < 4.78 is 1.76. The van der Waals surface area contributed by atoms with Gasteiger partial charge in [-0.05, 0) is 36.3 Å². The van der Waals surface area contributed by atoms with E-state index >= 15 is 0 Å². The van der Waals surface area contributed by atoms with Crippen LogP contribution in [0.3, 0.4) is 0 Å². The number of hydrogen-bond acceptors (Lipinski definition) is 7. The highest BCUT2D eigenvalue weighted by Gasteiger charge is 2.21. The molecule has 1 unspecified atom stereocenters. The van der Waals surface area contributed by atoms with Crippen molar-refractivity contribution in [3.8, 4) is 0 Å². The second-order valence-electron chi connectivity index (χ2n) is 6.74. The third kappa shape index (κ3) is 5.82. The molecule has 0 bridgehead atoms. The number of benzene rings is 2. The maximum absolute atomic E-state index is 12.6. The van der Waals surface area contributed by atoms with Crippen molar-refractivity contribution in [2.24, 2.45) is 0 Å². The summed E-state index contributed by atoms with van der Waals surface area (Å²) in [4.78, 5) is 33.6. The number of thioether (sulfide) groups is 1. The number of anilines is 2. The van der Waals surface area contributed by atoms with E-state index in [1.165, 1.54) is 40.5 Å². The van der Waals surface area contributed by atoms with Gasteiger partial charge in [-0.1, -0.05) is 49.0 Å². The quantitative estimate of drug-likeness (QED) is 0.242. The van der Waals surface area contributed by atoms with Crippen LogP contribution in [0.4, 0.5) is 10.8 Å². The van der Waals surface area contributed by atoms with Gasteiger partial charge in [-0.2, -0.15) is 0 Å². The normalized spacial score (nSPS) is 12.2. The Morgan fingerprint density at radius 3 is 2.75 bits per heavy atom. The summed E-state index contributed by atoms with van der Waals surface area (Å²) in [5.41, 5.74) is 2.51. The van der Waals surface area contributed by atoms with Gasteiger partial charge in [0.15, 0.2) is 9.47 Å². The van der Waals surface area contributed by atoms with Gasteiger partial charge in [-0.25, -0.2) is 9.97 Å². The molecule has 9 heteroatoms. The van der Waals surface area contributed by atoms with E-state index < -0.39 is 0 Å². The summed E-state index contributed by atoms with van der Waals surface area (Å²) in [6.45, 7) is 1.98. The van der Waals surface area contributed by atoms with Crippen molar-refractivity contribution in [2.75, 3.05) is 10.6 Å². The Balaban J connectivity index is 1.41. The van der Waals surface area contributed by atoms with Crippen molar-refractivity contribution in [1.82, 2.24) is 9.97 Å². The van der Waals surface area contributed by atoms with Crippen LogP contribution in [0.2, 0.25) is 0 Å². The molecule has 0 aliphatic rings. The maximum Gasteiger partial charge on any atom is 0.248 e. The molecule has 0 saturated carbocycles. The standard InChI is InChI=1S/C23H20N4O2S3/c1-2-18(21(29)27-22-24-12-13-30-22)31-23-26-17-10-9-16(14-19(17)32-23)25-20(28)11-8-15-6-4-3-5-7-15/h3-14,18H,2H2,1H3,(H,25,28)(H,24,27,29)/b11-8+. The lowest BCUT2D eigenvalue weighted by Gasteiger charge is -2.11. The molecule has 2 aromatic carbocycles. The number of nitrogens with zero attached hydrogens (tertiary/aromatic N) is 2. The largest absolute Gasteiger partial charge is 0.322 e. The molecule has 6 nitrogen and oxygen atoms in total. The van der Waals surface area contributed by atoms with Crippen LogP contribution < -0.4 is 10.6 Å². The number of nitrogens with one attached hydrogen (secondary N) is 2. The van der Waals surface area contributed by atoms with Gasteiger partial charge in [0.1, 0.15) is 0 Å². The van der Waals surface area contributed by atoms with Crippen molar-refractivity contribution in [1.29, 1.82) is 0 Å². The van der Waals surface area contributed by atoms with Crippen LogP contribution in [-0.4, -0.2) is 27.0 Å². The monoisotopic (exact) mass is 480 g/mol. The van der Waals surface area contributed by atoms with Gasteiger partial charge < -0.3 is 10.6 Å². The number of amides is 2. The number of fused-ring (bicyclic) bond motifs is 1. The molecular formula is C23H20N4O2S3. The molecule has 2 amide bonds. The van der Waals surface area contributed by atoms with Gasteiger partial charge in [-0.15, -0.1) is 22.7 Å². The van der Waals surface area contributed by atoms with Crippen LogP contribution in [0.5, 0.6) is 0 Å². The van der Waals surface area contributed by atoms with Crippen LogP contribution in [0.25, 0.3) is 16.3 Å². The zero-order valence-corrected chi connectivity index (χ0v) is 19.6. The van der Waals surface area contributed by atoms with Crippen molar-refractivity contribution in [3.63, 3.8) is 0 Å². The molecule has 1 atom stereocenters. The van der Waals surface area contributed by atoms with E-state index in [0.29, 0.717) is 17.2 Å². The molecule has 0 radical (unpaired) electrons. The molecule has 0 fully saturated rings. The Bertz CT molecular complexity index is 1240. The van der Waals surface area contributed by atoms with Gasteiger partial charge in [0.05, 0.1) is 15.5 Å². The van der Waals surface area contributed by atoms with E-state index in [2.05, 4.69) is 20.6 Å². The molecule has 4 rings (SSSR count). The molecule has 0 spiro atoms. The minimum absolute atomic E-state index is 0.0788. The lowest BCUT2D eigenvalue weighted by atomic mass is 10.2. The molecule has 0 saturated heterocycles. The van der Waals surface area contributed by atoms with Crippen LogP contribution in [0.15, 0.2) is 70.5 Å². The topological polar surface area (TPSA) is 84.0 Å². The number of aromatic nitrogens is 2. The van der Waals surface area contributed by atoms with Crippen LogP contribution in [-0.2, 0) is 9.59 Å². The number of carbonyl (C=O) groups is 2. The second kappa shape index (κ2) is 10.5. The van der Waals surface area contributed by atoms with E-state index in [9.17, 15) is 9.59 Å². The average Bonchev–Trinajstić information content (AvgIpc) is 3.45. The van der Waals surface area contributed by atoms with E-state index in [4.69, 9.17) is 0 Å². The SMILES string of the molecule is CCC(Sc1nc2ccc(NC(=O)/C=C/c3ccccc3)cc2s1)C(=O)Nc1nccs1. The Hall–Kier alpha value is -3.01. The molecule has 0 aliphatic heterocycles.